The predicted molar refractivity (Wildman–Crippen MR) is 23.0 cm³/mol. The number of hydrogen-bond acceptors (Lipinski definition) is 0. The maximum absolute atomic E-state index is 3.28. The Morgan fingerprint density at radius 3 is 1.00 bits per heavy atom. The summed E-state index contributed by atoms with van der Waals surface area (Å²) in [5, 5.41) is 0. The van der Waals surface area contributed by atoms with Gasteiger partial charge in [-0.2, -0.15) is 0 Å². The molecule has 0 amide bonds. The van der Waals surface area contributed by atoms with E-state index in [0.717, 1.165) is 0 Å². The minimum absolute atomic E-state index is 0.771. The molecule has 9 radical (unpaired) electrons. The van der Waals surface area contributed by atoms with Gasteiger partial charge in [0.2, 0.25) is 0 Å². The molecule has 0 saturated carbocycles. The fraction of sp³-hybridized carbons (Fsp3) is 0. The molecule has 0 unspecified atom stereocenters. The topological polar surface area (TPSA) is 0 Å². The van der Waals surface area contributed by atoms with Crippen LogP contribution in [0.5, 0.6) is 0 Å². The summed E-state index contributed by atoms with van der Waals surface area (Å²) in [4.78, 5) is 0. The van der Waals surface area contributed by atoms with E-state index in [9.17, 15) is 0 Å². The van der Waals surface area contributed by atoms with E-state index < -0.39 is 12.7 Å². The Labute approximate surface area is 39.1 Å². The fourth-order valence-electron chi connectivity index (χ4n) is 0. The minimum atomic E-state index is -0.771. The van der Waals surface area contributed by atoms with Crippen molar-refractivity contribution in [3.8, 4) is 0 Å². The molecule has 0 aliphatic heterocycles. The Morgan fingerprint density at radius 1 is 1.00 bits per heavy atom. The fourth-order valence-corrected chi connectivity index (χ4v) is 0. The molecule has 0 atom stereocenters. The van der Waals surface area contributed by atoms with Crippen molar-refractivity contribution in [3.63, 3.8) is 0 Å². The first-order valence-corrected chi connectivity index (χ1v) is 10.5. The molecule has 0 aliphatic rings. The van der Waals surface area contributed by atoms with Crippen LogP contribution in [0, 0.1) is 0 Å². The van der Waals surface area contributed by atoms with Gasteiger partial charge in [0.15, 0.2) is 0 Å². The molecule has 17 valence electrons. The summed E-state index contributed by atoms with van der Waals surface area (Å²) in [6.45, 7) is 0. The molecule has 0 aromatic heterocycles. The van der Waals surface area contributed by atoms with Crippen LogP contribution in [0.2, 0.25) is 0 Å². The Bertz CT molecular complexity index is 8.00. The van der Waals surface area contributed by atoms with Gasteiger partial charge in [-0.15, -0.1) is 0 Å². The van der Waals surface area contributed by atoms with Gasteiger partial charge in [-0.3, -0.25) is 0 Å². The quantitative estimate of drug-likeness (QED) is 0.376. The van der Waals surface area contributed by atoms with Crippen molar-refractivity contribution in [3.05, 3.63) is 0 Å². The van der Waals surface area contributed by atoms with Crippen molar-refractivity contribution in [2.24, 2.45) is 0 Å². The molecule has 0 bridgehead atoms. The van der Waals surface area contributed by atoms with Crippen LogP contribution >= 0.6 is 0 Å². The van der Waals surface area contributed by atoms with E-state index in [1.807, 2.05) is 0 Å². The van der Waals surface area contributed by atoms with Gasteiger partial charge in [-0.1, -0.05) is 0 Å². The number of hydrogen-bond donors (Lipinski definition) is 0. The molecule has 0 aromatic carbocycles. The zero-order chi connectivity index (χ0) is 3.58. The summed E-state index contributed by atoms with van der Waals surface area (Å²) in [6.07, 6.45) is 0. The second-order valence-electron chi connectivity index (χ2n) is 0.335. The first kappa shape index (κ1) is 5.21. The molecule has 4 heteroatoms. The Balaban J connectivity index is 2.32. The zero-order valence-corrected chi connectivity index (χ0v) is 6.82. The molecular formula is AsSi3. The average molecular weight is 159 g/mol. The Hall–Kier alpha value is 1.21. The predicted octanol–water partition coefficient (Wildman–Crippen LogP) is -1.52. The van der Waals surface area contributed by atoms with Crippen LogP contribution in [-0.4, -0.2) is 38.8 Å². The summed E-state index contributed by atoms with van der Waals surface area (Å²) in [5.74, 6) is 0. The Morgan fingerprint density at radius 2 is 1.00 bits per heavy atom. The van der Waals surface area contributed by atoms with E-state index in [0.29, 0.717) is 0 Å². The first-order chi connectivity index (χ1) is 1.73. The summed E-state index contributed by atoms with van der Waals surface area (Å²) >= 11 is -0.771. The molecule has 0 N–H and O–H groups in total. The second-order valence-corrected chi connectivity index (χ2v) is 15.7. The van der Waals surface area contributed by atoms with Crippen molar-refractivity contribution >= 4 is 38.8 Å². The van der Waals surface area contributed by atoms with Gasteiger partial charge in [-0.05, 0) is 0 Å². The van der Waals surface area contributed by atoms with E-state index in [4.69, 9.17) is 0 Å². The van der Waals surface area contributed by atoms with Crippen molar-refractivity contribution in [2.75, 3.05) is 0 Å². The molecule has 4 heavy (non-hydrogen) atoms. The Kier molecular flexibility index (Phi) is 3.19. The summed E-state index contributed by atoms with van der Waals surface area (Å²) in [7, 11) is 9.85. The van der Waals surface area contributed by atoms with Crippen LogP contribution in [0.4, 0.5) is 0 Å². The molecule has 0 saturated heterocycles. The maximum atomic E-state index is 3.28. The van der Waals surface area contributed by atoms with Crippen molar-refractivity contribution in [2.45, 2.75) is 0 Å². The van der Waals surface area contributed by atoms with Crippen molar-refractivity contribution in [1.82, 2.24) is 0 Å². The van der Waals surface area contributed by atoms with Crippen LogP contribution in [-0.2, 0) is 0 Å². The SMILES string of the molecule is [Si][As]([Si])[Si]. The zero-order valence-electron chi connectivity index (χ0n) is 1.95. The normalized spacial score (nSPS) is 9.00. The van der Waals surface area contributed by atoms with E-state index in [1.54, 1.807) is 0 Å². The van der Waals surface area contributed by atoms with Gasteiger partial charge in [0.25, 0.3) is 0 Å². The third kappa shape index (κ3) is 10.7. The van der Waals surface area contributed by atoms with Crippen LogP contribution < -0.4 is 0 Å². The number of rotatable bonds is 0. The van der Waals surface area contributed by atoms with E-state index >= 15 is 0 Å². The molecule has 0 fully saturated rings. The van der Waals surface area contributed by atoms with Crippen LogP contribution in [0.1, 0.15) is 0 Å². The van der Waals surface area contributed by atoms with Crippen LogP contribution in [0.15, 0.2) is 0 Å². The van der Waals surface area contributed by atoms with E-state index in [2.05, 4.69) is 26.1 Å². The van der Waals surface area contributed by atoms with Crippen molar-refractivity contribution < 1.29 is 0 Å². The summed E-state index contributed by atoms with van der Waals surface area (Å²) in [6, 6.07) is 0. The summed E-state index contributed by atoms with van der Waals surface area (Å²) in [5.41, 5.74) is 0. The van der Waals surface area contributed by atoms with Gasteiger partial charge in [0.1, 0.15) is 0 Å². The van der Waals surface area contributed by atoms with Gasteiger partial charge in [-0.25, -0.2) is 0 Å². The van der Waals surface area contributed by atoms with Gasteiger partial charge < -0.3 is 0 Å². The summed E-state index contributed by atoms with van der Waals surface area (Å²) < 4.78 is 0. The van der Waals surface area contributed by atoms with E-state index in [1.165, 1.54) is 0 Å². The molecule has 0 rings (SSSR count). The van der Waals surface area contributed by atoms with Crippen LogP contribution in [0.3, 0.4) is 0 Å². The van der Waals surface area contributed by atoms with Gasteiger partial charge in [0.05, 0.1) is 0 Å². The first-order valence-electron chi connectivity index (χ1n) is 0.671. The standard InChI is InChI=1S/AsSi3/c2-1(3)4. The van der Waals surface area contributed by atoms with Gasteiger partial charge >= 0.3 is 38.8 Å². The third-order valence-corrected chi connectivity index (χ3v) is 0. The third-order valence-electron chi connectivity index (χ3n) is 0. The molecule has 0 spiro atoms. The van der Waals surface area contributed by atoms with Gasteiger partial charge in [0, 0.05) is 0 Å². The monoisotopic (exact) mass is 159 g/mol. The molecule has 0 aliphatic carbocycles. The molecular weight excluding hydrogens is 159 g/mol. The molecule has 0 heterocycles. The molecule has 0 aromatic rings. The molecule has 0 nitrogen and oxygen atoms in total. The second kappa shape index (κ2) is 2.45. The van der Waals surface area contributed by atoms with Crippen LogP contribution in [0.25, 0.3) is 0 Å². The average Bonchev–Trinajstić information content (AvgIpc) is 0.811. The van der Waals surface area contributed by atoms with Crippen molar-refractivity contribution in [1.29, 1.82) is 0 Å². The van der Waals surface area contributed by atoms with E-state index in [-0.39, 0.29) is 0 Å².